The molecular formula is C16H20N4. The number of nitrogens with zero attached hydrogens (tertiary/aromatic N) is 3. The second-order valence-corrected chi connectivity index (χ2v) is 5.27. The molecule has 2 heterocycles. The van der Waals surface area contributed by atoms with Crippen molar-refractivity contribution in [1.29, 1.82) is 0 Å². The van der Waals surface area contributed by atoms with Gasteiger partial charge in [-0.05, 0) is 18.4 Å². The van der Waals surface area contributed by atoms with Gasteiger partial charge in [-0.1, -0.05) is 30.3 Å². The first-order chi connectivity index (χ1) is 9.90. The smallest absolute Gasteiger partial charge is 0.144 e. The summed E-state index contributed by atoms with van der Waals surface area (Å²) < 4.78 is 0. The summed E-state index contributed by atoms with van der Waals surface area (Å²) in [5, 5.41) is 3.46. The van der Waals surface area contributed by atoms with E-state index in [0.717, 1.165) is 38.3 Å². The Morgan fingerprint density at radius 1 is 1.10 bits per heavy atom. The van der Waals surface area contributed by atoms with Gasteiger partial charge in [-0.15, -0.1) is 0 Å². The lowest BCUT2D eigenvalue weighted by molar-refractivity contribution is 0.211. The molecule has 1 aliphatic rings. The molecule has 104 valence electrons. The number of aromatic nitrogens is 2. The molecule has 20 heavy (non-hydrogen) atoms. The van der Waals surface area contributed by atoms with Crippen molar-refractivity contribution < 1.29 is 0 Å². The van der Waals surface area contributed by atoms with Gasteiger partial charge in [-0.3, -0.25) is 9.88 Å². The summed E-state index contributed by atoms with van der Waals surface area (Å²) in [6.07, 6.45) is 7.53. The van der Waals surface area contributed by atoms with Crippen LogP contribution >= 0.6 is 0 Å². The number of nitrogens with one attached hydrogen (secondary N) is 1. The third-order valence-electron chi connectivity index (χ3n) is 3.75. The molecule has 1 aliphatic heterocycles. The Labute approximate surface area is 119 Å². The predicted octanol–water partition coefficient (Wildman–Crippen LogP) is 2.55. The van der Waals surface area contributed by atoms with Gasteiger partial charge in [-0.25, -0.2) is 4.98 Å². The lowest BCUT2D eigenvalue weighted by Crippen LogP contribution is -2.38. The number of piperidine rings is 1. The first-order valence-electron chi connectivity index (χ1n) is 7.19. The van der Waals surface area contributed by atoms with Gasteiger partial charge in [0.2, 0.25) is 0 Å². The van der Waals surface area contributed by atoms with Crippen LogP contribution in [0.15, 0.2) is 48.9 Å². The highest BCUT2D eigenvalue weighted by atomic mass is 15.1. The molecule has 0 spiro atoms. The van der Waals surface area contributed by atoms with Crippen LogP contribution in [-0.2, 0) is 6.54 Å². The first kappa shape index (κ1) is 13.1. The Kier molecular flexibility index (Phi) is 4.23. The minimum atomic E-state index is 0.513. The van der Waals surface area contributed by atoms with Crippen LogP contribution in [0.25, 0.3) is 0 Å². The fourth-order valence-electron chi connectivity index (χ4n) is 2.66. The van der Waals surface area contributed by atoms with Gasteiger partial charge in [-0.2, -0.15) is 0 Å². The number of anilines is 1. The molecule has 1 aromatic heterocycles. The number of likely N-dealkylation sites (tertiary alicyclic amines) is 1. The standard InChI is InChI=1S/C16H20N4/c1-2-4-14(5-3-1)13-20-10-6-15(7-11-20)19-16-12-17-8-9-18-16/h1-5,8-9,12,15H,6-7,10-11,13H2,(H,18,19). The molecule has 1 N–H and O–H groups in total. The second-order valence-electron chi connectivity index (χ2n) is 5.27. The zero-order chi connectivity index (χ0) is 13.6. The van der Waals surface area contributed by atoms with E-state index in [1.165, 1.54) is 5.56 Å². The van der Waals surface area contributed by atoms with E-state index in [-0.39, 0.29) is 0 Å². The van der Waals surface area contributed by atoms with Crippen LogP contribution in [0.2, 0.25) is 0 Å². The number of benzene rings is 1. The largest absolute Gasteiger partial charge is 0.366 e. The van der Waals surface area contributed by atoms with Crippen LogP contribution in [-0.4, -0.2) is 34.0 Å². The summed E-state index contributed by atoms with van der Waals surface area (Å²) in [7, 11) is 0. The van der Waals surface area contributed by atoms with E-state index in [1.807, 2.05) is 0 Å². The maximum atomic E-state index is 4.27. The van der Waals surface area contributed by atoms with Crippen molar-refractivity contribution in [3.63, 3.8) is 0 Å². The van der Waals surface area contributed by atoms with Crippen molar-refractivity contribution in [3.8, 4) is 0 Å². The number of hydrogen-bond acceptors (Lipinski definition) is 4. The van der Waals surface area contributed by atoms with Gasteiger partial charge in [0.15, 0.2) is 0 Å². The van der Waals surface area contributed by atoms with Gasteiger partial charge >= 0.3 is 0 Å². The fourth-order valence-corrected chi connectivity index (χ4v) is 2.66. The van der Waals surface area contributed by atoms with Crippen molar-refractivity contribution in [2.45, 2.75) is 25.4 Å². The van der Waals surface area contributed by atoms with Crippen molar-refractivity contribution in [2.24, 2.45) is 0 Å². The molecule has 2 aromatic rings. The molecule has 3 rings (SSSR count). The fraction of sp³-hybridized carbons (Fsp3) is 0.375. The summed E-state index contributed by atoms with van der Waals surface area (Å²) in [4.78, 5) is 10.9. The van der Waals surface area contributed by atoms with E-state index in [9.17, 15) is 0 Å². The Balaban J connectivity index is 1.47. The van der Waals surface area contributed by atoms with E-state index in [0.29, 0.717) is 6.04 Å². The summed E-state index contributed by atoms with van der Waals surface area (Å²) in [5.74, 6) is 0.883. The molecule has 0 aliphatic carbocycles. The lowest BCUT2D eigenvalue weighted by Gasteiger charge is -2.32. The first-order valence-corrected chi connectivity index (χ1v) is 7.19. The lowest BCUT2D eigenvalue weighted by atomic mass is 10.0. The Bertz CT molecular complexity index is 457. The molecule has 0 amide bonds. The molecule has 0 bridgehead atoms. The van der Waals surface area contributed by atoms with Crippen molar-refractivity contribution in [2.75, 3.05) is 18.4 Å². The van der Waals surface area contributed by atoms with Crippen LogP contribution in [0.5, 0.6) is 0 Å². The minimum absolute atomic E-state index is 0.513. The Morgan fingerprint density at radius 3 is 2.60 bits per heavy atom. The van der Waals surface area contributed by atoms with Gasteiger partial charge in [0.05, 0.1) is 6.20 Å². The third kappa shape index (κ3) is 3.54. The maximum Gasteiger partial charge on any atom is 0.144 e. The molecule has 0 unspecified atom stereocenters. The number of rotatable bonds is 4. The van der Waals surface area contributed by atoms with E-state index < -0.39 is 0 Å². The average Bonchev–Trinajstić information content (AvgIpc) is 2.51. The van der Waals surface area contributed by atoms with Crippen LogP contribution in [0.3, 0.4) is 0 Å². The van der Waals surface area contributed by atoms with Crippen molar-refractivity contribution in [1.82, 2.24) is 14.9 Å². The van der Waals surface area contributed by atoms with Crippen LogP contribution in [0.4, 0.5) is 5.82 Å². The van der Waals surface area contributed by atoms with Gasteiger partial charge in [0.1, 0.15) is 5.82 Å². The van der Waals surface area contributed by atoms with Crippen molar-refractivity contribution in [3.05, 3.63) is 54.5 Å². The SMILES string of the molecule is c1ccc(CN2CCC(Nc3cnccn3)CC2)cc1. The molecular weight excluding hydrogens is 248 g/mol. The highest BCUT2D eigenvalue weighted by Gasteiger charge is 2.19. The summed E-state index contributed by atoms with van der Waals surface area (Å²) in [6, 6.07) is 11.2. The van der Waals surface area contributed by atoms with Crippen molar-refractivity contribution >= 4 is 5.82 Å². The van der Waals surface area contributed by atoms with E-state index in [1.54, 1.807) is 18.6 Å². The normalized spacial score (nSPS) is 17.0. The Morgan fingerprint density at radius 2 is 1.90 bits per heavy atom. The molecule has 1 fully saturated rings. The predicted molar refractivity (Wildman–Crippen MR) is 80.4 cm³/mol. The molecule has 0 atom stereocenters. The molecule has 0 saturated carbocycles. The zero-order valence-electron chi connectivity index (χ0n) is 11.6. The highest BCUT2D eigenvalue weighted by molar-refractivity contribution is 5.31. The molecule has 1 saturated heterocycles. The van der Waals surface area contributed by atoms with Gasteiger partial charge in [0.25, 0.3) is 0 Å². The second kappa shape index (κ2) is 6.48. The summed E-state index contributed by atoms with van der Waals surface area (Å²) >= 11 is 0. The average molecular weight is 268 g/mol. The Hall–Kier alpha value is -1.94. The van der Waals surface area contributed by atoms with Gasteiger partial charge < -0.3 is 5.32 Å². The monoisotopic (exact) mass is 268 g/mol. The summed E-state index contributed by atoms with van der Waals surface area (Å²) in [5.41, 5.74) is 1.40. The van der Waals surface area contributed by atoms with Crippen LogP contribution < -0.4 is 5.32 Å². The molecule has 0 radical (unpaired) electrons. The van der Waals surface area contributed by atoms with Crippen LogP contribution in [0.1, 0.15) is 18.4 Å². The summed E-state index contributed by atoms with van der Waals surface area (Å²) in [6.45, 7) is 3.32. The van der Waals surface area contributed by atoms with Gasteiger partial charge in [0, 0.05) is 38.1 Å². The molecule has 4 nitrogen and oxygen atoms in total. The number of hydrogen-bond donors (Lipinski definition) is 1. The van der Waals surface area contributed by atoms with E-state index in [2.05, 4.69) is 50.5 Å². The third-order valence-corrected chi connectivity index (χ3v) is 3.75. The van der Waals surface area contributed by atoms with E-state index >= 15 is 0 Å². The minimum Gasteiger partial charge on any atom is -0.366 e. The van der Waals surface area contributed by atoms with E-state index in [4.69, 9.17) is 0 Å². The topological polar surface area (TPSA) is 41.0 Å². The van der Waals surface area contributed by atoms with Crippen LogP contribution in [0, 0.1) is 0 Å². The zero-order valence-corrected chi connectivity index (χ0v) is 11.6. The highest BCUT2D eigenvalue weighted by Crippen LogP contribution is 2.16. The maximum absolute atomic E-state index is 4.27. The quantitative estimate of drug-likeness (QED) is 0.925. The molecule has 4 heteroatoms. The molecule has 1 aromatic carbocycles.